The van der Waals surface area contributed by atoms with Crippen LogP contribution in [0.25, 0.3) is 5.76 Å². The first-order valence-corrected chi connectivity index (χ1v) is 12.8. The Hall–Kier alpha value is -4.95. The molecule has 1 unspecified atom stereocenters. The molecule has 2 N–H and O–H groups in total. The van der Waals surface area contributed by atoms with Gasteiger partial charge in [-0.2, -0.15) is 0 Å². The molecule has 0 aliphatic carbocycles. The van der Waals surface area contributed by atoms with E-state index in [0.29, 0.717) is 34.6 Å². The number of nitro benzene ring substituents is 1. The molecular formula is C32H28N2O6. The smallest absolute Gasteiger partial charge is 0.312 e. The number of carbonyl (C=O) groups excluding carboxylic acids is 1. The number of nitrogens with zero attached hydrogens (tertiary/aromatic N) is 1. The minimum atomic E-state index is -0.906. The summed E-state index contributed by atoms with van der Waals surface area (Å²) in [6, 6.07) is 27.8. The van der Waals surface area contributed by atoms with Crippen LogP contribution in [0.4, 0.5) is 5.69 Å². The van der Waals surface area contributed by atoms with E-state index in [1.54, 1.807) is 31.2 Å². The average Bonchev–Trinajstić information content (AvgIpc) is 2.98. The number of nitro groups is 1. The zero-order valence-electron chi connectivity index (χ0n) is 21.9. The highest BCUT2D eigenvalue weighted by Gasteiger charge is 2.37. The molecule has 0 spiro atoms. The Morgan fingerprint density at radius 2 is 1.57 bits per heavy atom. The molecule has 40 heavy (non-hydrogen) atoms. The van der Waals surface area contributed by atoms with Crippen LogP contribution in [0.15, 0.2) is 96.8 Å². The lowest BCUT2D eigenvalue weighted by Gasteiger charge is -2.28. The molecule has 0 saturated carbocycles. The highest BCUT2D eigenvalue weighted by molar-refractivity contribution is 5.81. The van der Waals surface area contributed by atoms with E-state index >= 15 is 0 Å². The molecule has 8 nitrogen and oxygen atoms in total. The molecule has 1 atom stereocenters. The SMILES string of the molecule is Cc1cc2c(c([N+](=O)[O-])c1)OC(c1ccc(OCc3ccccc3)c(CN)c1)=C(OCc1ccccc1)C2C=O. The Balaban J connectivity index is 1.57. The molecule has 0 fully saturated rings. The van der Waals surface area contributed by atoms with E-state index in [1.165, 1.54) is 6.07 Å². The molecule has 8 heteroatoms. The average molecular weight is 537 g/mol. The van der Waals surface area contributed by atoms with Gasteiger partial charge in [0.05, 0.1) is 4.92 Å². The molecule has 1 aliphatic rings. The Morgan fingerprint density at radius 3 is 2.17 bits per heavy atom. The summed E-state index contributed by atoms with van der Waals surface area (Å²) in [4.78, 5) is 24.0. The number of aryl methyl sites for hydroxylation is 1. The van der Waals surface area contributed by atoms with Crippen molar-refractivity contribution in [1.82, 2.24) is 0 Å². The first-order valence-electron chi connectivity index (χ1n) is 12.8. The van der Waals surface area contributed by atoms with Crippen LogP contribution >= 0.6 is 0 Å². The molecule has 0 bridgehead atoms. The fourth-order valence-electron chi connectivity index (χ4n) is 4.68. The first kappa shape index (κ1) is 26.6. The van der Waals surface area contributed by atoms with Gasteiger partial charge in [0.15, 0.2) is 11.5 Å². The van der Waals surface area contributed by atoms with E-state index in [0.717, 1.165) is 17.4 Å². The van der Waals surface area contributed by atoms with E-state index in [-0.39, 0.29) is 36.1 Å². The number of allylic oxidation sites excluding steroid dienone is 1. The van der Waals surface area contributed by atoms with Crippen molar-refractivity contribution in [3.8, 4) is 11.5 Å². The van der Waals surface area contributed by atoms with Crippen LogP contribution < -0.4 is 15.2 Å². The standard InChI is InChI=1S/C32H28N2O6/c1-21-14-26-27(18-35)32(39-20-23-10-6-3-7-11-23)30(40-31(26)28(15-21)34(36)37)24-12-13-29(25(16-24)17-33)38-19-22-8-4-2-5-9-22/h2-16,18,27H,17,19-20,33H2,1H3. The highest BCUT2D eigenvalue weighted by atomic mass is 16.6. The van der Waals surface area contributed by atoms with E-state index < -0.39 is 10.8 Å². The maximum Gasteiger partial charge on any atom is 0.312 e. The molecule has 202 valence electrons. The summed E-state index contributed by atoms with van der Waals surface area (Å²) in [7, 11) is 0. The van der Waals surface area contributed by atoms with Crippen molar-refractivity contribution >= 4 is 17.7 Å². The largest absolute Gasteiger partial charge is 0.489 e. The molecule has 4 aromatic rings. The van der Waals surface area contributed by atoms with Gasteiger partial charge in [0.2, 0.25) is 5.75 Å². The van der Waals surface area contributed by atoms with Gasteiger partial charge in [-0.15, -0.1) is 0 Å². The number of rotatable bonds is 10. The first-order chi connectivity index (χ1) is 19.5. The number of nitrogens with two attached hydrogens (primary N) is 1. The minimum Gasteiger partial charge on any atom is -0.489 e. The molecule has 5 rings (SSSR count). The fourth-order valence-corrected chi connectivity index (χ4v) is 4.68. The lowest BCUT2D eigenvalue weighted by molar-refractivity contribution is -0.385. The van der Waals surface area contributed by atoms with Crippen molar-refractivity contribution in [3.63, 3.8) is 0 Å². The van der Waals surface area contributed by atoms with Crippen LogP contribution in [0, 0.1) is 17.0 Å². The lowest BCUT2D eigenvalue weighted by Crippen LogP contribution is -2.20. The van der Waals surface area contributed by atoms with Crippen molar-refractivity contribution in [1.29, 1.82) is 0 Å². The van der Waals surface area contributed by atoms with Gasteiger partial charge in [-0.3, -0.25) is 10.1 Å². The number of ether oxygens (including phenoxy) is 3. The summed E-state index contributed by atoms with van der Waals surface area (Å²) in [6.07, 6.45) is 0.728. The van der Waals surface area contributed by atoms with Gasteiger partial charge in [0, 0.05) is 29.3 Å². The van der Waals surface area contributed by atoms with E-state index in [9.17, 15) is 14.9 Å². The van der Waals surface area contributed by atoms with Crippen LogP contribution in [-0.2, 0) is 29.3 Å². The Labute approximate surface area is 231 Å². The van der Waals surface area contributed by atoms with Crippen LogP contribution in [0.1, 0.15) is 39.3 Å². The Morgan fingerprint density at radius 1 is 0.925 bits per heavy atom. The van der Waals surface area contributed by atoms with E-state index in [4.69, 9.17) is 19.9 Å². The number of carbonyl (C=O) groups is 1. The molecule has 0 saturated heterocycles. The molecular weight excluding hydrogens is 508 g/mol. The zero-order chi connectivity index (χ0) is 28.1. The number of aldehydes is 1. The van der Waals surface area contributed by atoms with Gasteiger partial charge in [-0.25, -0.2) is 0 Å². The van der Waals surface area contributed by atoms with Gasteiger partial charge in [0.1, 0.15) is 31.2 Å². The lowest BCUT2D eigenvalue weighted by atomic mass is 9.90. The van der Waals surface area contributed by atoms with Gasteiger partial charge < -0.3 is 24.7 Å². The fraction of sp³-hybridized carbons (Fsp3) is 0.156. The van der Waals surface area contributed by atoms with E-state index in [1.807, 2.05) is 60.7 Å². The maximum absolute atomic E-state index is 12.5. The quantitative estimate of drug-likeness (QED) is 0.146. The number of hydrogen-bond acceptors (Lipinski definition) is 7. The Kier molecular flexibility index (Phi) is 7.89. The summed E-state index contributed by atoms with van der Waals surface area (Å²) in [5.41, 5.74) is 10.1. The van der Waals surface area contributed by atoms with E-state index in [2.05, 4.69) is 0 Å². The van der Waals surface area contributed by atoms with Crippen LogP contribution in [0.2, 0.25) is 0 Å². The number of benzene rings is 4. The summed E-state index contributed by atoms with van der Waals surface area (Å²) in [6.45, 7) is 2.46. The van der Waals surface area contributed by atoms with Crippen molar-refractivity contribution in [2.75, 3.05) is 0 Å². The molecule has 4 aromatic carbocycles. The molecule has 1 heterocycles. The van der Waals surface area contributed by atoms with Gasteiger partial charge in [-0.1, -0.05) is 66.7 Å². The second-order valence-electron chi connectivity index (χ2n) is 9.44. The van der Waals surface area contributed by atoms with Gasteiger partial charge >= 0.3 is 5.69 Å². The van der Waals surface area contributed by atoms with Crippen molar-refractivity contribution in [3.05, 3.63) is 140 Å². The number of fused-ring (bicyclic) bond motifs is 1. The summed E-state index contributed by atoms with van der Waals surface area (Å²) < 4.78 is 18.5. The third-order valence-corrected chi connectivity index (χ3v) is 6.64. The molecule has 1 aliphatic heterocycles. The van der Waals surface area contributed by atoms with Gasteiger partial charge in [0.25, 0.3) is 0 Å². The molecule has 0 amide bonds. The summed E-state index contributed by atoms with van der Waals surface area (Å²) in [5.74, 6) is 0.209. The summed E-state index contributed by atoms with van der Waals surface area (Å²) >= 11 is 0. The predicted molar refractivity (Wildman–Crippen MR) is 151 cm³/mol. The van der Waals surface area contributed by atoms with Crippen molar-refractivity contribution < 1.29 is 23.9 Å². The van der Waals surface area contributed by atoms with Crippen LogP contribution in [0.3, 0.4) is 0 Å². The second kappa shape index (κ2) is 11.8. The zero-order valence-corrected chi connectivity index (χ0v) is 21.9. The molecule has 0 radical (unpaired) electrons. The maximum atomic E-state index is 12.5. The highest BCUT2D eigenvalue weighted by Crippen LogP contribution is 2.47. The second-order valence-corrected chi connectivity index (χ2v) is 9.44. The van der Waals surface area contributed by atoms with Crippen LogP contribution in [0.5, 0.6) is 11.5 Å². The Bertz CT molecular complexity index is 1570. The minimum absolute atomic E-state index is 0.0217. The van der Waals surface area contributed by atoms with Gasteiger partial charge in [-0.05, 0) is 41.8 Å². The van der Waals surface area contributed by atoms with Crippen molar-refractivity contribution in [2.24, 2.45) is 5.73 Å². The normalized spacial score (nSPS) is 14.2. The monoisotopic (exact) mass is 536 g/mol. The third-order valence-electron chi connectivity index (χ3n) is 6.64. The number of hydrogen-bond donors (Lipinski definition) is 1. The third kappa shape index (κ3) is 5.57. The van der Waals surface area contributed by atoms with Crippen molar-refractivity contribution in [2.45, 2.75) is 32.6 Å². The molecule has 0 aromatic heterocycles. The predicted octanol–water partition coefficient (Wildman–Crippen LogP) is 6.20. The summed E-state index contributed by atoms with van der Waals surface area (Å²) in [5, 5.41) is 11.9. The van der Waals surface area contributed by atoms with Crippen LogP contribution in [-0.4, -0.2) is 11.2 Å². The topological polar surface area (TPSA) is 114 Å².